The van der Waals surface area contributed by atoms with E-state index >= 15 is 0 Å². The highest BCUT2D eigenvalue weighted by Crippen LogP contribution is 2.55. The maximum absolute atomic E-state index is 2.34. The third kappa shape index (κ3) is 2.02. The molecule has 0 atom stereocenters. The number of allylic oxidation sites excluding steroid dienone is 6. The normalized spacial score (nSPS) is 16.9. The highest BCUT2D eigenvalue weighted by molar-refractivity contribution is 5.92. The fourth-order valence-electron chi connectivity index (χ4n) is 4.55. The summed E-state index contributed by atoms with van der Waals surface area (Å²) >= 11 is 0. The maximum Gasteiger partial charge on any atom is 0.0713 e. The fourth-order valence-corrected chi connectivity index (χ4v) is 4.55. The highest BCUT2D eigenvalue weighted by atomic mass is 14.5. The number of benzene rings is 3. The average molecular weight is 332 g/mol. The van der Waals surface area contributed by atoms with Crippen molar-refractivity contribution in [1.29, 1.82) is 0 Å². The highest BCUT2D eigenvalue weighted by Gasteiger charge is 2.46. The Hall–Kier alpha value is -3.12. The van der Waals surface area contributed by atoms with Gasteiger partial charge in [0, 0.05) is 0 Å². The lowest BCUT2D eigenvalue weighted by Gasteiger charge is -2.34. The van der Waals surface area contributed by atoms with Gasteiger partial charge in [-0.3, -0.25) is 0 Å². The van der Waals surface area contributed by atoms with Gasteiger partial charge in [0.25, 0.3) is 0 Å². The predicted molar refractivity (Wildman–Crippen MR) is 109 cm³/mol. The van der Waals surface area contributed by atoms with Crippen molar-refractivity contribution >= 4 is 5.57 Å². The minimum absolute atomic E-state index is 0.264. The number of hydrogen-bond acceptors (Lipinski definition) is 0. The first-order valence-corrected chi connectivity index (χ1v) is 9.21. The summed E-state index contributed by atoms with van der Waals surface area (Å²) in [5, 5.41) is 0. The van der Waals surface area contributed by atoms with Crippen molar-refractivity contribution in [3.8, 4) is 0 Å². The molecule has 0 nitrogen and oxygen atoms in total. The molecule has 5 rings (SSSR count). The van der Waals surface area contributed by atoms with Crippen molar-refractivity contribution in [1.82, 2.24) is 0 Å². The molecule has 2 aliphatic carbocycles. The molecule has 0 saturated carbocycles. The first-order valence-electron chi connectivity index (χ1n) is 9.21. The van der Waals surface area contributed by atoms with E-state index in [2.05, 4.69) is 109 Å². The lowest BCUT2D eigenvalue weighted by molar-refractivity contribution is 0.761. The van der Waals surface area contributed by atoms with E-state index in [-0.39, 0.29) is 5.41 Å². The molecule has 124 valence electrons. The van der Waals surface area contributed by atoms with Crippen molar-refractivity contribution in [2.24, 2.45) is 0 Å². The van der Waals surface area contributed by atoms with Gasteiger partial charge in [-0.15, -0.1) is 0 Å². The molecule has 0 spiro atoms. The van der Waals surface area contributed by atoms with E-state index in [0.29, 0.717) is 0 Å². The minimum atomic E-state index is -0.264. The van der Waals surface area contributed by atoms with Gasteiger partial charge < -0.3 is 0 Å². The second-order valence-corrected chi connectivity index (χ2v) is 6.90. The quantitative estimate of drug-likeness (QED) is 0.516. The first kappa shape index (κ1) is 15.2. The first-order chi connectivity index (χ1) is 12.9. The molecule has 0 amide bonds. The zero-order valence-electron chi connectivity index (χ0n) is 14.6. The zero-order chi connectivity index (χ0) is 17.4. The van der Waals surface area contributed by atoms with Crippen molar-refractivity contribution in [3.05, 3.63) is 137 Å². The van der Waals surface area contributed by atoms with Gasteiger partial charge in [-0.25, -0.2) is 0 Å². The van der Waals surface area contributed by atoms with Crippen molar-refractivity contribution in [2.75, 3.05) is 0 Å². The van der Waals surface area contributed by atoms with Crippen LogP contribution in [0.3, 0.4) is 0 Å². The third-order valence-corrected chi connectivity index (χ3v) is 5.57. The Kier molecular flexibility index (Phi) is 3.50. The molecule has 0 heterocycles. The van der Waals surface area contributed by atoms with Crippen molar-refractivity contribution in [3.63, 3.8) is 0 Å². The van der Waals surface area contributed by atoms with Gasteiger partial charge in [-0.2, -0.15) is 0 Å². The van der Waals surface area contributed by atoms with Crippen LogP contribution in [0.15, 0.2) is 115 Å². The summed E-state index contributed by atoms with van der Waals surface area (Å²) in [7, 11) is 0. The third-order valence-electron chi connectivity index (χ3n) is 5.57. The lowest BCUT2D eigenvalue weighted by Crippen LogP contribution is -2.29. The van der Waals surface area contributed by atoms with Crippen molar-refractivity contribution < 1.29 is 0 Å². The van der Waals surface area contributed by atoms with Gasteiger partial charge in [-0.05, 0) is 39.8 Å². The molecule has 26 heavy (non-hydrogen) atoms. The largest absolute Gasteiger partial charge is 0.0804 e. The summed E-state index contributed by atoms with van der Waals surface area (Å²) in [6, 6.07) is 30.7. The van der Waals surface area contributed by atoms with E-state index in [9.17, 15) is 0 Å². The summed E-state index contributed by atoms with van der Waals surface area (Å²) in [5.74, 6) is 0. The molecule has 0 heteroatoms. The lowest BCUT2D eigenvalue weighted by atomic mass is 9.67. The summed E-state index contributed by atoms with van der Waals surface area (Å²) in [6.07, 6.45) is 10.2. The molecule has 0 radical (unpaired) electrons. The Balaban J connectivity index is 1.96. The SMILES string of the molecule is C1=CC2=C(C=CC1)C(c1ccccc1)(c1ccccc1)c1ccccc12. The average Bonchev–Trinajstić information content (AvgIpc) is 2.84. The molecule has 0 saturated heterocycles. The molecule has 0 bridgehead atoms. The van der Waals surface area contributed by atoms with Crippen LogP contribution in [0, 0.1) is 0 Å². The summed E-state index contributed by atoms with van der Waals surface area (Å²) in [5.41, 5.74) is 7.83. The second-order valence-electron chi connectivity index (χ2n) is 6.90. The molecule has 0 N–H and O–H groups in total. The van der Waals surface area contributed by atoms with Gasteiger partial charge in [0.05, 0.1) is 5.41 Å². The molecule has 3 aromatic rings. The van der Waals surface area contributed by atoms with E-state index in [1.807, 2.05) is 0 Å². The van der Waals surface area contributed by atoms with Crippen LogP contribution in [0.1, 0.15) is 28.7 Å². The Morgan fingerprint density at radius 1 is 0.577 bits per heavy atom. The van der Waals surface area contributed by atoms with Gasteiger partial charge in [0.15, 0.2) is 0 Å². The fraction of sp³-hybridized carbons (Fsp3) is 0.0769. The molecule has 0 aliphatic heterocycles. The summed E-state index contributed by atoms with van der Waals surface area (Å²) in [4.78, 5) is 0. The van der Waals surface area contributed by atoms with Crippen LogP contribution < -0.4 is 0 Å². The molecule has 2 aliphatic rings. The van der Waals surface area contributed by atoms with Crippen LogP contribution in [0.25, 0.3) is 5.57 Å². The molecular weight excluding hydrogens is 312 g/mol. The smallest absolute Gasteiger partial charge is 0.0713 e. The molecule has 0 unspecified atom stereocenters. The molecule has 0 aromatic heterocycles. The Morgan fingerprint density at radius 2 is 1.15 bits per heavy atom. The van der Waals surface area contributed by atoms with Crippen LogP contribution in [-0.2, 0) is 5.41 Å². The van der Waals surface area contributed by atoms with Crippen LogP contribution >= 0.6 is 0 Å². The number of fused-ring (bicyclic) bond motifs is 2. The number of hydrogen-bond donors (Lipinski definition) is 0. The maximum atomic E-state index is 2.34. The second kappa shape index (κ2) is 6.00. The molecule has 0 fully saturated rings. The standard InChI is InChI=1S/C26H20/c1-4-12-20(13-5-1)26(21-14-6-2-7-15-21)24-18-9-3-8-16-22(24)23-17-10-11-19-25(23)26/h1-2,4-19H,3H2. The van der Waals surface area contributed by atoms with Gasteiger partial charge in [0.1, 0.15) is 0 Å². The van der Waals surface area contributed by atoms with Crippen LogP contribution in [0.5, 0.6) is 0 Å². The van der Waals surface area contributed by atoms with Gasteiger partial charge >= 0.3 is 0 Å². The van der Waals surface area contributed by atoms with Crippen LogP contribution in [-0.4, -0.2) is 0 Å². The predicted octanol–water partition coefficient (Wildman–Crippen LogP) is 6.30. The Morgan fingerprint density at radius 3 is 1.85 bits per heavy atom. The van der Waals surface area contributed by atoms with E-state index in [4.69, 9.17) is 0 Å². The Labute approximate surface area is 154 Å². The van der Waals surface area contributed by atoms with Gasteiger partial charge in [0.2, 0.25) is 0 Å². The van der Waals surface area contributed by atoms with E-state index in [1.54, 1.807) is 0 Å². The number of rotatable bonds is 2. The van der Waals surface area contributed by atoms with Gasteiger partial charge in [-0.1, -0.05) is 109 Å². The zero-order valence-corrected chi connectivity index (χ0v) is 14.6. The summed E-state index contributed by atoms with van der Waals surface area (Å²) < 4.78 is 0. The topological polar surface area (TPSA) is 0 Å². The molecule has 3 aromatic carbocycles. The summed E-state index contributed by atoms with van der Waals surface area (Å²) in [6.45, 7) is 0. The van der Waals surface area contributed by atoms with Crippen LogP contribution in [0.2, 0.25) is 0 Å². The monoisotopic (exact) mass is 332 g/mol. The van der Waals surface area contributed by atoms with E-state index in [0.717, 1.165) is 6.42 Å². The van der Waals surface area contributed by atoms with E-state index < -0.39 is 0 Å². The van der Waals surface area contributed by atoms with Crippen LogP contribution in [0.4, 0.5) is 0 Å². The Bertz CT molecular complexity index is 994. The molecular formula is C26H20. The minimum Gasteiger partial charge on any atom is -0.0804 e. The van der Waals surface area contributed by atoms with E-state index in [1.165, 1.54) is 33.4 Å². The van der Waals surface area contributed by atoms with Crippen molar-refractivity contribution in [2.45, 2.75) is 11.8 Å².